The number of carbonyl (C=O) groups excluding carboxylic acids is 1. The van der Waals surface area contributed by atoms with E-state index in [1.54, 1.807) is 0 Å². The van der Waals surface area contributed by atoms with Crippen molar-refractivity contribution in [1.29, 1.82) is 5.26 Å². The Labute approximate surface area is 68.6 Å². The number of rotatable bonds is 3. The van der Waals surface area contributed by atoms with E-state index in [4.69, 9.17) is 5.26 Å². The molecular weight excluding hydrogens is 166 g/mol. The highest BCUT2D eigenvalue weighted by atomic mass is 32.1. The van der Waals surface area contributed by atoms with Crippen molar-refractivity contribution in [2.45, 2.75) is 0 Å². The van der Waals surface area contributed by atoms with Crippen LogP contribution in [0.2, 0.25) is 0 Å². The lowest BCUT2D eigenvalue weighted by Crippen LogP contribution is -2.28. The van der Waals surface area contributed by atoms with Crippen molar-refractivity contribution in [3.05, 3.63) is 0 Å². The first kappa shape index (κ1) is 9.52. The average molecular weight is 171 g/mol. The standard InChI is InChI=1S/C5H5N3O2S/c1-10-8-4(2-6)5(9)7-3-11/h3H,1H3,(H,7,9,11). The van der Waals surface area contributed by atoms with Gasteiger partial charge in [-0.3, -0.25) is 4.79 Å². The molecule has 58 valence electrons. The molecule has 5 nitrogen and oxygen atoms in total. The molecular formula is C5H5N3O2S. The summed E-state index contributed by atoms with van der Waals surface area (Å²) in [6.45, 7) is 0. The maximum absolute atomic E-state index is 10.7. The highest BCUT2D eigenvalue weighted by molar-refractivity contribution is 7.78. The number of hydrogen-bond acceptors (Lipinski definition) is 5. The van der Waals surface area contributed by atoms with Gasteiger partial charge in [-0.1, -0.05) is 17.4 Å². The lowest BCUT2D eigenvalue weighted by Gasteiger charge is -1.92. The highest BCUT2D eigenvalue weighted by Crippen LogP contribution is 1.77. The van der Waals surface area contributed by atoms with Crippen LogP contribution >= 0.6 is 12.2 Å². The van der Waals surface area contributed by atoms with Crippen LogP contribution in [0.1, 0.15) is 0 Å². The molecule has 11 heavy (non-hydrogen) atoms. The number of nitrogens with one attached hydrogen (secondary N) is 1. The Morgan fingerprint density at radius 2 is 2.55 bits per heavy atom. The lowest BCUT2D eigenvalue weighted by atomic mass is 10.4. The number of nitrogens with zero attached hydrogens (tertiary/aromatic N) is 2. The van der Waals surface area contributed by atoms with Gasteiger partial charge < -0.3 is 10.2 Å². The van der Waals surface area contributed by atoms with Gasteiger partial charge in [0.05, 0.1) is 5.49 Å². The molecule has 0 unspecified atom stereocenters. The molecule has 0 heterocycles. The molecule has 0 aromatic heterocycles. The Morgan fingerprint density at radius 3 is 2.91 bits per heavy atom. The number of carbonyl (C=O) groups is 1. The fourth-order valence-corrected chi connectivity index (χ4v) is 0.433. The van der Waals surface area contributed by atoms with Crippen LogP contribution in [0.3, 0.4) is 0 Å². The largest absolute Gasteiger partial charge is 0.398 e. The van der Waals surface area contributed by atoms with Crippen LogP contribution < -0.4 is 5.32 Å². The number of thiocarbonyl (C=S) groups is 1. The van der Waals surface area contributed by atoms with Gasteiger partial charge in [0.15, 0.2) is 0 Å². The Hall–Kier alpha value is -1.48. The molecule has 1 amide bonds. The summed E-state index contributed by atoms with van der Waals surface area (Å²) < 4.78 is 0. The summed E-state index contributed by atoms with van der Waals surface area (Å²) in [5.41, 5.74) is 0.624. The lowest BCUT2D eigenvalue weighted by molar-refractivity contribution is -0.113. The molecule has 0 saturated heterocycles. The van der Waals surface area contributed by atoms with Gasteiger partial charge in [0.1, 0.15) is 13.2 Å². The molecule has 0 aromatic carbocycles. The van der Waals surface area contributed by atoms with Crippen LogP contribution in [0, 0.1) is 11.3 Å². The molecule has 0 aliphatic heterocycles. The summed E-state index contributed by atoms with van der Waals surface area (Å²) in [6, 6.07) is 1.53. The summed E-state index contributed by atoms with van der Waals surface area (Å²) in [5, 5.41) is 13.5. The van der Waals surface area contributed by atoms with Crippen molar-refractivity contribution in [1.82, 2.24) is 5.32 Å². The Balaban J connectivity index is 4.29. The highest BCUT2D eigenvalue weighted by Gasteiger charge is 2.08. The zero-order valence-corrected chi connectivity index (χ0v) is 6.51. The molecule has 0 bridgehead atoms. The number of nitriles is 1. The van der Waals surface area contributed by atoms with Gasteiger partial charge in [-0.05, 0) is 0 Å². The molecule has 0 spiro atoms. The van der Waals surface area contributed by atoms with Crippen molar-refractivity contribution >= 4 is 29.3 Å². The van der Waals surface area contributed by atoms with E-state index in [-0.39, 0.29) is 5.71 Å². The van der Waals surface area contributed by atoms with E-state index >= 15 is 0 Å². The predicted molar refractivity (Wildman–Crippen MR) is 41.9 cm³/mol. The Bertz CT molecular complexity index is 230. The van der Waals surface area contributed by atoms with E-state index in [0.717, 1.165) is 5.49 Å². The van der Waals surface area contributed by atoms with Crippen LogP contribution in [-0.4, -0.2) is 24.2 Å². The van der Waals surface area contributed by atoms with Crippen LogP contribution in [0.4, 0.5) is 0 Å². The minimum absolute atomic E-state index is 0.367. The average Bonchev–Trinajstić information content (AvgIpc) is 2.00. The minimum Gasteiger partial charge on any atom is -0.398 e. The SMILES string of the molecule is CON=C(C#N)C(=O)NC=S. The third-order valence-electron chi connectivity index (χ3n) is 0.694. The van der Waals surface area contributed by atoms with E-state index in [1.165, 1.54) is 13.2 Å². The Kier molecular flexibility index (Phi) is 4.60. The first-order chi connectivity index (χ1) is 5.26. The zero-order chi connectivity index (χ0) is 8.69. The summed E-state index contributed by atoms with van der Waals surface area (Å²) >= 11 is 4.32. The first-order valence-corrected chi connectivity index (χ1v) is 2.99. The molecule has 0 aliphatic rings. The fourth-order valence-electron chi connectivity index (χ4n) is 0.326. The maximum Gasteiger partial charge on any atom is 0.288 e. The van der Waals surface area contributed by atoms with Crippen molar-refractivity contribution in [2.24, 2.45) is 5.16 Å². The smallest absolute Gasteiger partial charge is 0.288 e. The van der Waals surface area contributed by atoms with Crippen LogP contribution in [0.25, 0.3) is 0 Å². The normalized spacial score (nSPS) is 9.64. The molecule has 1 N–H and O–H groups in total. The van der Waals surface area contributed by atoms with E-state index in [9.17, 15) is 4.79 Å². The third-order valence-corrected chi connectivity index (χ3v) is 0.811. The summed E-state index contributed by atoms with van der Waals surface area (Å²) in [4.78, 5) is 14.9. The van der Waals surface area contributed by atoms with Crippen molar-refractivity contribution in [3.8, 4) is 6.07 Å². The predicted octanol–water partition coefficient (Wildman–Crippen LogP) is -0.414. The van der Waals surface area contributed by atoms with Gasteiger partial charge in [-0.15, -0.1) is 0 Å². The topological polar surface area (TPSA) is 74.5 Å². The molecule has 0 atom stereocenters. The quantitative estimate of drug-likeness (QED) is 0.355. The second kappa shape index (κ2) is 5.32. The van der Waals surface area contributed by atoms with Crippen LogP contribution in [0.5, 0.6) is 0 Å². The van der Waals surface area contributed by atoms with Gasteiger partial charge in [0.25, 0.3) is 5.91 Å². The van der Waals surface area contributed by atoms with Crippen molar-refractivity contribution < 1.29 is 9.63 Å². The molecule has 0 aromatic rings. The zero-order valence-electron chi connectivity index (χ0n) is 5.70. The summed E-state index contributed by atoms with van der Waals surface area (Å²) in [7, 11) is 1.24. The molecule has 0 aliphatic carbocycles. The number of oxime groups is 1. The van der Waals surface area contributed by atoms with E-state index in [0.29, 0.717) is 0 Å². The van der Waals surface area contributed by atoms with Gasteiger partial charge in [-0.2, -0.15) is 5.26 Å². The second-order valence-corrected chi connectivity index (χ2v) is 1.56. The molecule has 0 radical (unpaired) electrons. The second-order valence-electron chi connectivity index (χ2n) is 1.33. The first-order valence-electron chi connectivity index (χ1n) is 2.52. The van der Waals surface area contributed by atoms with E-state index in [1.807, 2.05) is 0 Å². The van der Waals surface area contributed by atoms with Crippen molar-refractivity contribution in [3.63, 3.8) is 0 Å². The van der Waals surface area contributed by atoms with Crippen LogP contribution in [0.15, 0.2) is 5.16 Å². The summed E-state index contributed by atoms with van der Waals surface area (Å²) in [5.74, 6) is -0.677. The van der Waals surface area contributed by atoms with E-state index < -0.39 is 5.91 Å². The molecule has 0 rings (SSSR count). The fraction of sp³-hybridized carbons (Fsp3) is 0.200. The maximum atomic E-state index is 10.7. The molecule has 0 fully saturated rings. The summed E-state index contributed by atoms with van der Waals surface area (Å²) in [6.07, 6.45) is 0. The van der Waals surface area contributed by atoms with E-state index in [2.05, 4.69) is 27.5 Å². The molecule has 0 saturated carbocycles. The van der Waals surface area contributed by atoms with Crippen LogP contribution in [-0.2, 0) is 9.63 Å². The monoisotopic (exact) mass is 171 g/mol. The number of amides is 1. The van der Waals surface area contributed by atoms with Gasteiger partial charge in [-0.25, -0.2) is 0 Å². The van der Waals surface area contributed by atoms with Gasteiger partial charge in [0, 0.05) is 0 Å². The third kappa shape index (κ3) is 3.27. The minimum atomic E-state index is -0.677. The molecule has 6 heteroatoms. The van der Waals surface area contributed by atoms with Gasteiger partial charge in [0.2, 0.25) is 5.71 Å². The van der Waals surface area contributed by atoms with Gasteiger partial charge >= 0.3 is 0 Å². The van der Waals surface area contributed by atoms with Crippen molar-refractivity contribution in [2.75, 3.05) is 7.11 Å². The number of hydrogen-bond donors (Lipinski definition) is 1. The Morgan fingerprint density at radius 1 is 1.91 bits per heavy atom.